The van der Waals surface area contributed by atoms with Crippen molar-refractivity contribution < 1.29 is 28.6 Å². The number of anilines is 1. The number of halogens is 1. The first-order valence-corrected chi connectivity index (χ1v) is 11.9. The van der Waals surface area contributed by atoms with Crippen LogP contribution >= 0.6 is 11.3 Å². The first-order valence-electron chi connectivity index (χ1n) is 11.0. The lowest BCUT2D eigenvalue weighted by atomic mass is 9.93. The Kier molecular flexibility index (Phi) is 6.85. The molecule has 1 N–H and O–H groups in total. The van der Waals surface area contributed by atoms with Gasteiger partial charge >= 0.3 is 11.9 Å². The summed E-state index contributed by atoms with van der Waals surface area (Å²) in [5, 5.41) is 11.3. The molecule has 1 aromatic heterocycles. The second-order valence-electron chi connectivity index (χ2n) is 8.31. The van der Waals surface area contributed by atoms with Crippen LogP contribution in [-0.2, 0) is 14.3 Å². The van der Waals surface area contributed by atoms with Gasteiger partial charge in [0, 0.05) is 11.1 Å². The zero-order valence-electron chi connectivity index (χ0n) is 19.9. The third-order valence-corrected chi connectivity index (χ3v) is 6.94. The van der Waals surface area contributed by atoms with Crippen molar-refractivity contribution in [2.24, 2.45) is 0 Å². The molecule has 3 aromatic rings. The molecule has 1 aliphatic heterocycles. The molecule has 36 heavy (non-hydrogen) atoms. The molecule has 1 unspecified atom stereocenters. The van der Waals surface area contributed by atoms with Crippen LogP contribution in [0.3, 0.4) is 0 Å². The molecule has 1 fully saturated rings. The minimum Gasteiger partial charge on any atom is -0.507 e. The van der Waals surface area contributed by atoms with Gasteiger partial charge in [0.15, 0.2) is 5.13 Å². The summed E-state index contributed by atoms with van der Waals surface area (Å²) in [5.74, 6) is -3.71. The highest BCUT2D eigenvalue weighted by Crippen LogP contribution is 2.44. The predicted octanol–water partition coefficient (Wildman–Crippen LogP) is 5.18. The highest BCUT2D eigenvalue weighted by atomic mass is 32.1. The maximum absolute atomic E-state index is 15.1. The number of carbonyl (C=O) groups is 3. The number of carbonyl (C=O) groups excluding carboxylic acids is 3. The van der Waals surface area contributed by atoms with Gasteiger partial charge in [-0.25, -0.2) is 14.2 Å². The molecular weight excluding hydrogens is 483 g/mol. The number of thiazole rings is 1. The van der Waals surface area contributed by atoms with Crippen molar-refractivity contribution in [2.45, 2.75) is 26.8 Å². The van der Waals surface area contributed by atoms with E-state index < -0.39 is 35.3 Å². The summed E-state index contributed by atoms with van der Waals surface area (Å²) in [4.78, 5) is 44.6. The number of esters is 1. The monoisotopic (exact) mass is 506 g/mol. The Morgan fingerprint density at radius 2 is 1.94 bits per heavy atom. The number of benzene rings is 2. The van der Waals surface area contributed by atoms with Crippen LogP contribution in [0.25, 0.3) is 5.76 Å². The third kappa shape index (κ3) is 4.33. The van der Waals surface area contributed by atoms with Gasteiger partial charge in [0.25, 0.3) is 5.78 Å². The van der Waals surface area contributed by atoms with E-state index in [4.69, 9.17) is 4.74 Å². The van der Waals surface area contributed by atoms with Crippen molar-refractivity contribution in [2.75, 3.05) is 11.5 Å². The van der Waals surface area contributed by atoms with E-state index in [9.17, 15) is 19.5 Å². The molecule has 1 saturated heterocycles. The standard InChI is InChI=1S/C27H23FN2O5S/c1-5-12-35-26(34)24-16(4)29-27(36-24)30-21(17-8-6-7-9-19(17)28)20(23(32)25(30)33)22(31)18-13-14(2)10-11-15(18)3/h5-11,13,21,31H,1,12H2,2-4H3/b22-20+. The third-order valence-electron chi connectivity index (χ3n) is 5.80. The van der Waals surface area contributed by atoms with Gasteiger partial charge < -0.3 is 9.84 Å². The van der Waals surface area contributed by atoms with Crippen molar-refractivity contribution in [3.05, 3.63) is 99.3 Å². The van der Waals surface area contributed by atoms with Crippen molar-refractivity contribution in [1.29, 1.82) is 0 Å². The number of hydrogen-bond acceptors (Lipinski definition) is 7. The van der Waals surface area contributed by atoms with E-state index in [2.05, 4.69) is 11.6 Å². The molecule has 184 valence electrons. The van der Waals surface area contributed by atoms with Crippen molar-refractivity contribution >= 4 is 39.9 Å². The molecule has 2 heterocycles. The van der Waals surface area contributed by atoms with Crippen LogP contribution in [0.15, 0.2) is 60.7 Å². The molecule has 1 amide bonds. The fraction of sp³-hybridized carbons (Fsp3) is 0.185. The number of ether oxygens (including phenoxy) is 1. The molecule has 2 aromatic carbocycles. The topological polar surface area (TPSA) is 96.8 Å². The Balaban J connectivity index is 1.93. The highest BCUT2D eigenvalue weighted by molar-refractivity contribution is 7.17. The molecule has 0 saturated carbocycles. The van der Waals surface area contributed by atoms with Crippen LogP contribution < -0.4 is 4.90 Å². The van der Waals surface area contributed by atoms with E-state index in [1.54, 1.807) is 32.0 Å². The van der Waals surface area contributed by atoms with E-state index in [0.29, 0.717) is 11.1 Å². The lowest BCUT2D eigenvalue weighted by molar-refractivity contribution is -0.132. The number of aliphatic hydroxyl groups is 1. The molecular formula is C27H23FN2O5S. The fourth-order valence-corrected chi connectivity index (χ4v) is 5.02. The van der Waals surface area contributed by atoms with Gasteiger partial charge in [-0.2, -0.15) is 0 Å². The Labute approximate surface area is 211 Å². The van der Waals surface area contributed by atoms with Gasteiger partial charge in [-0.05, 0) is 38.5 Å². The van der Waals surface area contributed by atoms with E-state index >= 15 is 4.39 Å². The second kappa shape index (κ2) is 9.87. The first kappa shape index (κ1) is 25.0. The molecule has 1 aliphatic rings. The number of ketones is 1. The van der Waals surface area contributed by atoms with Crippen molar-refractivity contribution in [3.8, 4) is 0 Å². The summed E-state index contributed by atoms with van der Waals surface area (Å²) in [6, 6.07) is 9.73. The number of amides is 1. The molecule has 4 rings (SSSR count). The van der Waals surface area contributed by atoms with E-state index in [1.165, 1.54) is 24.3 Å². The smallest absolute Gasteiger partial charge is 0.350 e. The number of rotatable bonds is 6. The summed E-state index contributed by atoms with van der Waals surface area (Å²) in [7, 11) is 0. The van der Waals surface area contributed by atoms with Crippen molar-refractivity contribution in [3.63, 3.8) is 0 Å². The highest BCUT2D eigenvalue weighted by Gasteiger charge is 2.49. The average Bonchev–Trinajstić information content (AvgIpc) is 3.35. The molecule has 0 aliphatic carbocycles. The van der Waals surface area contributed by atoms with Crippen LogP contribution in [0.4, 0.5) is 9.52 Å². The largest absolute Gasteiger partial charge is 0.507 e. The Bertz CT molecular complexity index is 1440. The van der Waals surface area contributed by atoms with Crippen molar-refractivity contribution in [1.82, 2.24) is 4.98 Å². The number of Topliss-reactive ketones (excluding diaryl/α,β-unsaturated/α-hetero) is 1. The van der Waals surface area contributed by atoms with Gasteiger partial charge in [-0.3, -0.25) is 14.5 Å². The fourth-order valence-electron chi connectivity index (χ4n) is 4.03. The SMILES string of the molecule is C=CCOC(=O)c1sc(N2C(=O)C(=O)/C(=C(/O)c3cc(C)ccc3C)C2c2ccccc2F)nc1C. The summed E-state index contributed by atoms with van der Waals surface area (Å²) in [5.41, 5.74) is 1.90. The van der Waals surface area contributed by atoms with Gasteiger partial charge in [-0.15, -0.1) is 0 Å². The molecule has 0 radical (unpaired) electrons. The first-order chi connectivity index (χ1) is 17.1. The lowest BCUT2D eigenvalue weighted by Gasteiger charge is -2.23. The number of aliphatic hydroxyl groups excluding tert-OH is 1. The molecule has 0 spiro atoms. The average molecular weight is 507 g/mol. The maximum Gasteiger partial charge on any atom is 0.350 e. The quantitative estimate of drug-likeness (QED) is 0.163. The molecule has 0 bridgehead atoms. The number of aryl methyl sites for hydroxylation is 3. The number of hydrogen-bond donors (Lipinski definition) is 1. The molecule has 7 nitrogen and oxygen atoms in total. The predicted molar refractivity (Wildman–Crippen MR) is 134 cm³/mol. The molecule has 1 atom stereocenters. The lowest BCUT2D eigenvalue weighted by Crippen LogP contribution is -2.29. The summed E-state index contributed by atoms with van der Waals surface area (Å²) in [6.07, 6.45) is 1.42. The minimum absolute atomic E-state index is 0.00666. The Morgan fingerprint density at radius 1 is 1.22 bits per heavy atom. The van der Waals surface area contributed by atoms with Gasteiger partial charge in [0.1, 0.15) is 29.1 Å². The molecule has 9 heteroatoms. The van der Waals surface area contributed by atoms with Crippen LogP contribution in [-0.4, -0.2) is 34.4 Å². The van der Waals surface area contributed by atoms with Gasteiger partial charge in [0.2, 0.25) is 0 Å². The number of aromatic nitrogens is 1. The van der Waals surface area contributed by atoms with Crippen LogP contribution in [0.2, 0.25) is 0 Å². The minimum atomic E-state index is -1.30. The normalized spacial score (nSPS) is 16.9. The summed E-state index contributed by atoms with van der Waals surface area (Å²) < 4.78 is 20.2. The number of nitrogens with zero attached hydrogens (tertiary/aromatic N) is 2. The van der Waals surface area contributed by atoms with E-state index in [-0.39, 0.29) is 33.4 Å². The van der Waals surface area contributed by atoms with E-state index in [1.807, 2.05) is 13.0 Å². The van der Waals surface area contributed by atoms with Crippen LogP contribution in [0, 0.1) is 26.6 Å². The maximum atomic E-state index is 15.1. The Morgan fingerprint density at radius 3 is 2.64 bits per heavy atom. The second-order valence-corrected chi connectivity index (χ2v) is 9.28. The van der Waals surface area contributed by atoms with Gasteiger partial charge in [-0.1, -0.05) is 59.9 Å². The summed E-state index contributed by atoms with van der Waals surface area (Å²) in [6.45, 7) is 8.64. The zero-order valence-corrected chi connectivity index (χ0v) is 20.7. The van der Waals surface area contributed by atoms with Crippen LogP contribution in [0.5, 0.6) is 0 Å². The summed E-state index contributed by atoms with van der Waals surface area (Å²) >= 11 is 0.847. The van der Waals surface area contributed by atoms with E-state index in [0.717, 1.165) is 21.8 Å². The van der Waals surface area contributed by atoms with Gasteiger partial charge in [0.05, 0.1) is 11.3 Å². The van der Waals surface area contributed by atoms with Crippen LogP contribution in [0.1, 0.15) is 43.7 Å². The Hall–Kier alpha value is -4.11. The zero-order chi connectivity index (χ0) is 26.1.